The molecule has 1 saturated heterocycles. The first-order chi connectivity index (χ1) is 13.6. The molecule has 0 aliphatic carbocycles. The van der Waals surface area contributed by atoms with E-state index in [0.717, 1.165) is 0 Å². The molecule has 1 fully saturated rings. The highest BCUT2D eigenvalue weighted by Crippen LogP contribution is 2.33. The van der Waals surface area contributed by atoms with Crippen LogP contribution in [-0.4, -0.2) is 32.0 Å². The molecule has 3 heterocycles. The van der Waals surface area contributed by atoms with Gasteiger partial charge in [-0.3, -0.25) is 9.59 Å². The van der Waals surface area contributed by atoms with Gasteiger partial charge in [0.15, 0.2) is 5.82 Å². The molecule has 0 spiro atoms. The molecule has 9 nitrogen and oxygen atoms in total. The lowest BCUT2D eigenvalue weighted by atomic mass is 10.1. The monoisotopic (exact) mass is 385 g/mol. The van der Waals surface area contributed by atoms with Gasteiger partial charge < -0.3 is 19.3 Å². The molecule has 1 aromatic carbocycles. The summed E-state index contributed by atoms with van der Waals surface area (Å²) in [6, 6.07) is 7.30. The van der Waals surface area contributed by atoms with Crippen LogP contribution < -0.4 is 5.32 Å². The van der Waals surface area contributed by atoms with Gasteiger partial charge in [0.05, 0.1) is 12.7 Å². The predicted octanol–water partition coefficient (Wildman–Crippen LogP) is 1.99. The Hall–Kier alpha value is -3.56. The van der Waals surface area contributed by atoms with E-state index in [1.807, 2.05) is 0 Å². The topological polar surface area (TPSA) is 114 Å². The molecule has 1 atom stereocenters. The molecule has 0 bridgehead atoms. The van der Waals surface area contributed by atoms with Gasteiger partial charge in [0, 0.05) is 24.6 Å². The number of carbonyl (C=O) groups excluding carboxylic acids is 2. The van der Waals surface area contributed by atoms with Crippen molar-refractivity contribution in [2.24, 2.45) is 0 Å². The summed E-state index contributed by atoms with van der Waals surface area (Å²) in [7, 11) is 0. The SMILES string of the molecule is O=C(NCc1noc([C@@H]2CCC(=O)N2Cc2ccccc2F)n1)c1ccno1. The van der Waals surface area contributed by atoms with Crippen molar-refractivity contribution in [3.05, 3.63) is 65.4 Å². The van der Waals surface area contributed by atoms with Crippen molar-refractivity contribution in [1.82, 2.24) is 25.5 Å². The quantitative estimate of drug-likeness (QED) is 0.690. The summed E-state index contributed by atoms with van der Waals surface area (Å²) in [4.78, 5) is 29.9. The third-order valence-electron chi connectivity index (χ3n) is 4.46. The minimum Gasteiger partial charge on any atom is -0.351 e. The molecule has 28 heavy (non-hydrogen) atoms. The summed E-state index contributed by atoms with van der Waals surface area (Å²) in [6.45, 7) is 0.146. The number of nitrogens with zero attached hydrogens (tertiary/aromatic N) is 4. The van der Waals surface area contributed by atoms with E-state index in [2.05, 4.69) is 20.6 Å². The number of benzene rings is 1. The normalized spacial score (nSPS) is 16.5. The van der Waals surface area contributed by atoms with Gasteiger partial charge in [-0.15, -0.1) is 0 Å². The van der Waals surface area contributed by atoms with E-state index in [4.69, 9.17) is 9.05 Å². The number of hydrogen-bond donors (Lipinski definition) is 1. The lowest BCUT2D eigenvalue weighted by molar-refractivity contribution is -0.130. The number of aromatic nitrogens is 3. The Morgan fingerprint density at radius 3 is 2.93 bits per heavy atom. The molecule has 1 N–H and O–H groups in total. The molecule has 2 amide bonds. The van der Waals surface area contributed by atoms with E-state index >= 15 is 0 Å². The summed E-state index contributed by atoms with van der Waals surface area (Å²) < 4.78 is 24.0. The van der Waals surface area contributed by atoms with E-state index in [9.17, 15) is 14.0 Å². The van der Waals surface area contributed by atoms with Crippen molar-refractivity contribution in [3.63, 3.8) is 0 Å². The molecule has 0 saturated carbocycles. The van der Waals surface area contributed by atoms with Crippen molar-refractivity contribution >= 4 is 11.8 Å². The van der Waals surface area contributed by atoms with Crippen LogP contribution in [0.2, 0.25) is 0 Å². The second-order valence-electron chi connectivity index (χ2n) is 6.28. The van der Waals surface area contributed by atoms with Crippen LogP contribution in [0.5, 0.6) is 0 Å². The average molecular weight is 385 g/mol. The molecule has 4 rings (SSSR count). The van der Waals surface area contributed by atoms with E-state index in [0.29, 0.717) is 18.4 Å². The van der Waals surface area contributed by atoms with Gasteiger partial charge in [-0.1, -0.05) is 28.5 Å². The van der Waals surface area contributed by atoms with E-state index in [1.165, 1.54) is 23.2 Å². The lowest BCUT2D eigenvalue weighted by Crippen LogP contribution is -2.28. The molecular weight excluding hydrogens is 369 g/mol. The Morgan fingerprint density at radius 2 is 2.14 bits per heavy atom. The van der Waals surface area contributed by atoms with E-state index in [1.54, 1.807) is 18.2 Å². The summed E-state index contributed by atoms with van der Waals surface area (Å²) in [6.07, 6.45) is 2.18. The summed E-state index contributed by atoms with van der Waals surface area (Å²) in [5, 5.41) is 9.88. The van der Waals surface area contributed by atoms with Crippen LogP contribution in [0.3, 0.4) is 0 Å². The number of halogens is 1. The van der Waals surface area contributed by atoms with Crippen LogP contribution in [0.1, 0.15) is 46.7 Å². The number of carbonyl (C=O) groups is 2. The number of rotatable bonds is 6. The van der Waals surface area contributed by atoms with Crippen molar-refractivity contribution in [1.29, 1.82) is 0 Å². The van der Waals surface area contributed by atoms with Gasteiger partial charge in [-0.2, -0.15) is 4.98 Å². The van der Waals surface area contributed by atoms with Crippen LogP contribution in [-0.2, 0) is 17.9 Å². The van der Waals surface area contributed by atoms with Crippen molar-refractivity contribution in [2.75, 3.05) is 0 Å². The molecule has 10 heteroatoms. The summed E-state index contributed by atoms with van der Waals surface area (Å²) in [5.74, 6) is -0.352. The first kappa shape index (κ1) is 17.8. The highest BCUT2D eigenvalue weighted by Gasteiger charge is 2.36. The number of likely N-dealkylation sites (tertiary alicyclic amines) is 1. The van der Waals surface area contributed by atoms with E-state index < -0.39 is 11.9 Å². The third-order valence-corrected chi connectivity index (χ3v) is 4.46. The van der Waals surface area contributed by atoms with E-state index in [-0.39, 0.29) is 42.3 Å². The highest BCUT2D eigenvalue weighted by molar-refractivity contribution is 5.91. The first-order valence-corrected chi connectivity index (χ1v) is 8.66. The minimum atomic E-state index is -0.457. The van der Waals surface area contributed by atoms with Crippen LogP contribution in [0, 0.1) is 5.82 Å². The maximum Gasteiger partial charge on any atom is 0.290 e. The second kappa shape index (κ2) is 7.59. The zero-order chi connectivity index (χ0) is 19.5. The van der Waals surface area contributed by atoms with Gasteiger partial charge in [0.1, 0.15) is 11.9 Å². The second-order valence-corrected chi connectivity index (χ2v) is 6.28. The Kier molecular flexibility index (Phi) is 4.83. The smallest absolute Gasteiger partial charge is 0.290 e. The molecule has 1 aliphatic heterocycles. The molecule has 1 aliphatic rings. The van der Waals surface area contributed by atoms with Gasteiger partial charge in [-0.25, -0.2) is 4.39 Å². The molecular formula is C18H16FN5O4. The zero-order valence-corrected chi connectivity index (χ0v) is 14.7. The fourth-order valence-electron chi connectivity index (χ4n) is 3.05. The molecule has 0 unspecified atom stereocenters. The summed E-state index contributed by atoms with van der Waals surface area (Å²) in [5.41, 5.74) is 0.418. The minimum absolute atomic E-state index is 0.0248. The molecule has 3 aromatic rings. The maximum absolute atomic E-state index is 14.0. The predicted molar refractivity (Wildman–Crippen MR) is 90.9 cm³/mol. The van der Waals surface area contributed by atoms with Crippen molar-refractivity contribution in [3.8, 4) is 0 Å². The zero-order valence-electron chi connectivity index (χ0n) is 14.7. The lowest BCUT2D eigenvalue weighted by Gasteiger charge is -2.22. The van der Waals surface area contributed by atoms with Crippen molar-refractivity contribution < 1.29 is 23.0 Å². The van der Waals surface area contributed by atoms with Crippen LogP contribution >= 0.6 is 0 Å². The highest BCUT2D eigenvalue weighted by atomic mass is 19.1. The molecule has 2 aromatic heterocycles. The number of hydrogen-bond acceptors (Lipinski definition) is 7. The van der Waals surface area contributed by atoms with Crippen LogP contribution in [0.25, 0.3) is 0 Å². The average Bonchev–Trinajstić information content (AvgIpc) is 3.44. The van der Waals surface area contributed by atoms with Gasteiger partial charge >= 0.3 is 0 Å². The van der Waals surface area contributed by atoms with Crippen LogP contribution in [0.4, 0.5) is 4.39 Å². The maximum atomic E-state index is 14.0. The Bertz CT molecular complexity index is 988. The largest absolute Gasteiger partial charge is 0.351 e. The van der Waals surface area contributed by atoms with Crippen LogP contribution in [0.15, 0.2) is 45.6 Å². The van der Waals surface area contributed by atoms with Gasteiger partial charge in [-0.05, 0) is 12.5 Å². The Morgan fingerprint density at radius 1 is 1.29 bits per heavy atom. The fraction of sp³-hybridized carbons (Fsp3) is 0.278. The van der Waals surface area contributed by atoms with Gasteiger partial charge in [0.2, 0.25) is 17.6 Å². The Balaban J connectivity index is 1.44. The Labute approximate surface area is 158 Å². The molecule has 144 valence electrons. The number of amides is 2. The standard InChI is InChI=1S/C18H16FN5O4/c19-12-4-2-1-3-11(12)10-24-13(5-6-16(24)25)18-22-15(23-28-18)9-20-17(26)14-7-8-21-27-14/h1-4,7-8,13H,5-6,9-10H2,(H,20,26)/t13-/m0/s1. The van der Waals surface area contributed by atoms with Crippen molar-refractivity contribution in [2.45, 2.75) is 32.0 Å². The van der Waals surface area contributed by atoms with Gasteiger partial charge in [0.25, 0.3) is 5.91 Å². The summed E-state index contributed by atoms with van der Waals surface area (Å²) >= 11 is 0. The number of nitrogens with one attached hydrogen (secondary N) is 1. The third kappa shape index (κ3) is 3.61. The molecule has 0 radical (unpaired) electrons. The first-order valence-electron chi connectivity index (χ1n) is 8.66. The fourth-order valence-corrected chi connectivity index (χ4v) is 3.05.